The minimum Gasteiger partial charge on any atom is -0.382 e. The van der Waals surface area contributed by atoms with Gasteiger partial charge in [-0.3, -0.25) is 4.68 Å². The van der Waals surface area contributed by atoms with Crippen molar-refractivity contribution in [1.29, 1.82) is 0 Å². The summed E-state index contributed by atoms with van der Waals surface area (Å²) in [5.41, 5.74) is 0. The lowest BCUT2D eigenvalue weighted by molar-refractivity contribution is 0.0225. The van der Waals surface area contributed by atoms with Crippen LogP contribution in [-0.2, 0) is 27.3 Å². The smallest absolute Gasteiger partial charge is 0.164 e. The van der Waals surface area contributed by atoms with Gasteiger partial charge in [0.1, 0.15) is 6.33 Å². The molecule has 1 heterocycles. The Morgan fingerprint density at radius 2 is 1.89 bits per heavy atom. The molecule has 0 bridgehead atoms. The fraction of sp³-hybridized carbons (Fsp3) is 0.818. The van der Waals surface area contributed by atoms with Gasteiger partial charge in [-0.25, -0.2) is 4.98 Å². The molecule has 0 unspecified atom stereocenters. The standard InChI is InChI=1S/C11H22N4O3/c1-12-9-11-13-10-15(14-11)3-4-17-7-8-18-6-5-16-2/h10,12H,3-9H2,1-2H3. The molecular weight excluding hydrogens is 236 g/mol. The molecule has 1 aromatic heterocycles. The van der Waals surface area contributed by atoms with E-state index in [0.29, 0.717) is 46.1 Å². The third-order valence-corrected chi connectivity index (χ3v) is 2.19. The maximum Gasteiger partial charge on any atom is 0.164 e. The predicted octanol–water partition coefficient (Wildman–Crippen LogP) is -0.323. The monoisotopic (exact) mass is 258 g/mol. The molecule has 0 fully saturated rings. The van der Waals surface area contributed by atoms with Crippen molar-refractivity contribution in [2.45, 2.75) is 13.1 Å². The zero-order valence-electron chi connectivity index (χ0n) is 11.1. The molecule has 0 radical (unpaired) electrons. The van der Waals surface area contributed by atoms with Crippen LogP contribution in [-0.4, -0.2) is 62.0 Å². The van der Waals surface area contributed by atoms with Gasteiger partial charge in [0.05, 0.1) is 46.1 Å². The summed E-state index contributed by atoms with van der Waals surface area (Å²) < 4.78 is 17.3. The molecule has 0 aliphatic rings. The molecule has 1 N–H and O–H groups in total. The summed E-state index contributed by atoms with van der Waals surface area (Å²) in [4.78, 5) is 4.15. The van der Waals surface area contributed by atoms with Gasteiger partial charge in [0, 0.05) is 7.11 Å². The number of ether oxygens (including phenoxy) is 3. The molecule has 1 rings (SSSR count). The average molecular weight is 258 g/mol. The topological polar surface area (TPSA) is 70.4 Å². The molecule has 0 aromatic carbocycles. The number of rotatable bonds is 11. The van der Waals surface area contributed by atoms with Crippen molar-refractivity contribution in [2.75, 3.05) is 47.2 Å². The minimum absolute atomic E-state index is 0.585. The number of aromatic nitrogens is 3. The van der Waals surface area contributed by atoms with E-state index in [1.807, 2.05) is 7.05 Å². The van der Waals surface area contributed by atoms with Crippen molar-refractivity contribution in [2.24, 2.45) is 0 Å². The first kappa shape index (κ1) is 15.0. The summed E-state index contributed by atoms with van der Waals surface area (Å²) in [7, 11) is 3.52. The lowest BCUT2D eigenvalue weighted by atomic mass is 10.6. The second kappa shape index (κ2) is 9.95. The Hall–Kier alpha value is -1.02. The molecule has 0 saturated heterocycles. The van der Waals surface area contributed by atoms with Gasteiger partial charge in [0.25, 0.3) is 0 Å². The number of nitrogens with one attached hydrogen (secondary N) is 1. The number of methoxy groups -OCH3 is 1. The van der Waals surface area contributed by atoms with E-state index in [4.69, 9.17) is 14.2 Å². The van der Waals surface area contributed by atoms with E-state index in [1.54, 1.807) is 18.1 Å². The van der Waals surface area contributed by atoms with Crippen LogP contribution in [0.25, 0.3) is 0 Å². The Morgan fingerprint density at radius 1 is 1.17 bits per heavy atom. The number of hydrogen-bond donors (Lipinski definition) is 1. The van der Waals surface area contributed by atoms with Crippen molar-refractivity contribution in [1.82, 2.24) is 20.1 Å². The van der Waals surface area contributed by atoms with E-state index in [2.05, 4.69) is 15.4 Å². The van der Waals surface area contributed by atoms with Crippen LogP contribution in [0.15, 0.2) is 6.33 Å². The highest BCUT2D eigenvalue weighted by Crippen LogP contribution is 1.90. The fourth-order valence-corrected chi connectivity index (χ4v) is 1.30. The highest BCUT2D eigenvalue weighted by molar-refractivity contribution is 4.79. The van der Waals surface area contributed by atoms with Crippen LogP contribution in [0.1, 0.15) is 5.82 Å². The summed E-state index contributed by atoms with van der Waals surface area (Å²) in [6.07, 6.45) is 1.71. The fourth-order valence-electron chi connectivity index (χ4n) is 1.30. The molecule has 0 aliphatic carbocycles. The molecule has 0 amide bonds. The van der Waals surface area contributed by atoms with Gasteiger partial charge >= 0.3 is 0 Å². The van der Waals surface area contributed by atoms with Gasteiger partial charge in [-0.2, -0.15) is 5.10 Å². The van der Waals surface area contributed by atoms with E-state index in [0.717, 1.165) is 5.82 Å². The summed E-state index contributed by atoms with van der Waals surface area (Å²) >= 11 is 0. The minimum atomic E-state index is 0.585. The van der Waals surface area contributed by atoms with E-state index in [1.165, 1.54) is 0 Å². The van der Waals surface area contributed by atoms with Crippen molar-refractivity contribution >= 4 is 0 Å². The molecule has 0 saturated carbocycles. The Labute approximate surface area is 107 Å². The van der Waals surface area contributed by atoms with Crippen LogP contribution in [0, 0.1) is 0 Å². The molecule has 0 aliphatic heterocycles. The number of hydrogen-bond acceptors (Lipinski definition) is 6. The van der Waals surface area contributed by atoms with Crippen LogP contribution in [0.2, 0.25) is 0 Å². The summed E-state index contributed by atoms with van der Waals surface area (Å²) in [5.74, 6) is 0.792. The molecule has 0 spiro atoms. The van der Waals surface area contributed by atoms with Crippen LogP contribution >= 0.6 is 0 Å². The highest BCUT2D eigenvalue weighted by Gasteiger charge is 1.98. The van der Waals surface area contributed by atoms with Gasteiger partial charge < -0.3 is 19.5 Å². The van der Waals surface area contributed by atoms with E-state index in [-0.39, 0.29) is 0 Å². The molecule has 7 heteroatoms. The quantitative estimate of drug-likeness (QED) is 0.548. The van der Waals surface area contributed by atoms with Crippen molar-refractivity contribution in [3.8, 4) is 0 Å². The van der Waals surface area contributed by atoms with E-state index >= 15 is 0 Å². The van der Waals surface area contributed by atoms with Gasteiger partial charge in [0.15, 0.2) is 5.82 Å². The molecule has 7 nitrogen and oxygen atoms in total. The van der Waals surface area contributed by atoms with E-state index in [9.17, 15) is 0 Å². The Kier molecular flexibility index (Phi) is 8.32. The maximum atomic E-state index is 5.42. The van der Waals surface area contributed by atoms with Crippen LogP contribution in [0.5, 0.6) is 0 Å². The third kappa shape index (κ3) is 6.65. The first-order chi connectivity index (χ1) is 8.86. The van der Waals surface area contributed by atoms with Crippen molar-refractivity contribution < 1.29 is 14.2 Å². The van der Waals surface area contributed by atoms with E-state index < -0.39 is 0 Å². The second-order valence-electron chi connectivity index (χ2n) is 3.67. The van der Waals surface area contributed by atoms with Crippen molar-refractivity contribution in [3.63, 3.8) is 0 Å². The Balaban J connectivity index is 1.96. The molecular formula is C11H22N4O3. The normalized spacial score (nSPS) is 11.0. The highest BCUT2D eigenvalue weighted by atomic mass is 16.5. The lowest BCUT2D eigenvalue weighted by Gasteiger charge is -2.05. The largest absolute Gasteiger partial charge is 0.382 e. The van der Waals surface area contributed by atoms with Crippen molar-refractivity contribution in [3.05, 3.63) is 12.2 Å². The van der Waals surface area contributed by atoms with Gasteiger partial charge in [0.2, 0.25) is 0 Å². The summed E-state index contributed by atoms with van der Waals surface area (Å²) in [6, 6.07) is 0. The van der Waals surface area contributed by atoms with Gasteiger partial charge in [-0.05, 0) is 7.05 Å². The zero-order chi connectivity index (χ0) is 13.1. The molecule has 104 valence electrons. The van der Waals surface area contributed by atoms with Crippen LogP contribution in [0.4, 0.5) is 0 Å². The Morgan fingerprint density at radius 3 is 2.61 bits per heavy atom. The predicted molar refractivity (Wildman–Crippen MR) is 66.3 cm³/mol. The zero-order valence-corrected chi connectivity index (χ0v) is 11.1. The van der Waals surface area contributed by atoms with Gasteiger partial charge in [-0.15, -0.1) is 0 Å². The number of nitrogens with zero attached hydrogens (tertiary/aromatic N) is 3. The Bertz CT molecular complexity index is 306. The first-order valence-electron chi connectivity index (χ1n) is 6.04. The second-order valence-corrected chi connectivity index (χ2v) is 3.67. The molecule has 1 aromatic rings. The SMILES string of the molecule is CNCc1ncn(CCOCCOCCOC)n1. The first-order valence-corrected chi connectivity index (χ1v) is 6.04. The van der Waals surface area contributed by atoms with Gasteiger partial charge in [-0.1, -0.05) is 0 Å². The average Bonchev–Trinajstić information content (AvgIpc) is 2.81. The van der Waals surface area contributed by atoms with Crippen LogP contribution < -0.4 is 5.32 Å². The third-order valence-electron chi connectivity index (χ3n) is 2.19. The lowest BCUT2D eigenvalue weighted by Crippen LogP contribution is -2.12. The summed E-state index contributed by atoms with van der Waals surface area (Å²) in [6.45, 7) is 4.39. The molecule has 0 atom stereocenters. The maximum absolute atomic E-state index is 5.42. The summed E-state index contributed by atoms with van der Waals surface area (Å²) in [5, 5.41) is 7.28. The van der Waals surface area contributed by atoms with Crippen LogP contribution in [0.3, 0.4) is 0 Å². The molecule has 18 heavy (non-hydrogen) atoms.